The van der Waals surface area contributed by atoms with Gasteiger partial charge in [-0.15, -0.1) is 0 Å². The molecule has 0 radical (unpaired) electrons. The minimum atomic E-state index is -0.190. The summed E-state index contributed by atoms with van der Waals surface area (Å²) in [7, 11) is 0. The minimum Gasteiger partial charge on any atom is -0.508 e. The van der Waals surface area contributed by atoms with E-state index in [2.05, 4.69) is 19.9 Å². The molecule has 0 heterocycles. The summed E-state index contributed by atoms with van der Waals surface area (Å²) in [4.78, 5) is 12.7. The first-order valence-electron chi connectivity index (χ1n) is 9.50. The lowest BCUT2D eigenvalue weighted by atomic mass is 9.55. The fraction of sp³-hybridized carbons (Fsp3) is 0.667. The molecule has 0 aromatic heterocycles. The number of ketones is 1. The highest BCUT2D eigenvalue weighted by molar-refractivity contribution is 5.87. The summed E-state index contributed by atoms with van der Waals surface area (Å²) in [5, 5.41) is 9.77. The van der Waals surface area contributed by atoms with Gasteiger partial charge in [0.15, 0.2) is 5.78 Å². The number of hydrogen-bond donors (Lipinski definition) is 1. The number of aromatic hydroxyl groups is 1. The SMILES string of the molecule is CCCO[C@H]1C(=O)C[C@H]2[C@@H]3CCc4cc(O)ccc4[C@H]3CC[C@]12C. The second kappa shape index (κ2) is 5.87. The molecular formula is C21H28O3. The third-order valence-corrected chi connectivity index (χ3v) is 6.95. The number of ether oxygens (including phenoxy) is 1. The number of carbonyl (C=O) groups excluding carboxylic acids is 1. The van der Waals surface area contributed by atoms with E-state index in [9.17, 15) is 9.90 Å². The Balaban J connectivity index is 1.64. The molecular weight excluding hydrogens is 300 g/mol. The largest absolute Gasteiger partial charge is 0.508 e. The molecule has 24 heavy (non-hydrogen) atoms. The molecule has 0 spiro atoms. The number of phenolic OH excluding ortho intramolecular Hbond substituents is 1. The van der Waals surface area contributed by atoms with E-state index < -0.39 is 0 Å². The van der Waals surface area contributed by atoms with E-state index in [0.717, 1.165) is 32.1 Å². The standard InChI is InChI=1S/C21H28O3/c1-3-10-24-20-19(23)12-18-17-6-4-13-11-14(22)5-7-15(13)16(17)8-9-21(18,20)2/h5,7,11,16-18,20,22H,3-4,6,8-10,12H2,1-2H3/t16-,17-,18+,20+,21+/m1/s1. The van der Waals surface area contributed by atoms with Gasteiger partial charge in [0.05, 0.1) is 0 Å². The van der Waals surface area contributed by atoms with Gasteiger partial charge >= 0.3 is 0 Å². The lowest BCUT2D eigenvalue weighted by Crippen LogP contribution is -2.45. The summed E-state index contributed by atoms with van der Waals surface area (Å²) in [5.74, 6) is 2.28. The van der Waals surface area contributed by atoms with Crippen LogP contribution in [0.3, 0.4) is 0 Å². The quantitative estimate of drug-likeness (QED) is 0.903. The first kappa shape index (κ1) is 16.1. The zero-order chi connectivity index (χ0) is 16.9. The van der Waals surface area contributed by atoms with Gasteiger partial charge in [0, 0.05) is 18.4 Å². The highest BCUT2D eigenvalue weighted by atomic mass is 16.5. The van der Waals surface area contributed by atoms with Gasteiger partial charge in [0.1, 0.15) is 11.9 Å². The Morgan fingerprint density at radius 1 is 1.33 bits per heavy atom. The molecule has 1 N–H and O–H groups in total. The number of fused-ring (bicyclic) bond motifs is 5. The van der Waals surface area contributed by atoms with E-state index in [1.54, 1.807) is 0 Å². The zero-order valence-electron chi connectivity index (χ0n) is 14.8. The van der Waals surface area contributed by atoms with Crippen molar-refractivity contribution >= 4 is 5.78 Å². The average molecular weight is 328 g/mol. The van der Waals surface area contributed by atoms with Gasteiger partial charge in [-0.05, 0) is 73.1 Å². The summed E-state index contributed by atoms with van der Waals surface area (Å²) in [6, 6.07) is 5.88. The van der Waals surface area contributed by atoms with Crippen molar-refractivity contribution in [1.82, 2.24) is 0 Å². The second-order valence-corrected chi connectivity index (χ2v) is 8.26. The number of phenols is 1. The van der Waals surface area contributed by atoms with Gasteiger partial charge < -0.3 is 9.84 Å². The Kier molecular flexibility index (Phi) is 3.95. The maximum absolute atomic E-state index is 12.7. The van der Waals surface area contributed by atoms with Gasteiger partial charge in [-0.2, -0.15) is 0 Å². The Hall–Kier alpha value is -1.35. The molecule has 1 aromatic rings. The summed E-state index contributed by atoms with van der Waals surface area (Å²) < 4.78 is 6.02. The van der Waals surface area contributed by atoms with Crippen molar-refractivity contribution in [3.05, 3.63) is 29.3 Å². The molecule has 0 saturated heterocycles. The molecule has 3 aliphatic carbocycles. The molecule has 1 aromatic carbocycles. The van der Waals surface area contributed by atoms with Crippen LogP contribution in [0.25, 0.3) is 0 Å². The molecule has 130 valence electrons. The number of carbonyl (C=O) groups is 1. The van der Waals surface area contributed by atoms with Crippen LogP contribution >= 0.6 is 0 Å². The second-order valence-electron chi connectivity index (χ2n) is 8.26. The van der Waals surface area contributed by atoms with Crippen molar-refractivity contribution in [3.8, 4) is 5.75 Å². The number of rotatable bonds is 3. The fourth-order valence-electron chi connectivity index (χ4n) is 5.84. The van der Waals surface area contributed by atoms with Crippen molar-refractivity contribution in [2.24, 2.45) is 17.3 Å². The minimum absolute atomic E-state index is 0.0157. The van der Waals surface area contributed by atoms with Crippen LogP contribution in [0.1, 0.15) is 63.0 Å². The lowest BCUT2D eigenvalue weighted by Gasteiger charge is -2.50. The number of aryl methyl sites for hydroxylation is 1. The van der Waals surface area contributed by atoms with Crippen LogP contribution in [0, 0.1) is 17.3 Å². The van der Waals surface area contributed by atoms with Gasteiger partial charge in [0.25, 0.3) is 0 Å². The normalized spacial score (nSPS) is 37.7. The van der Waals surface area contributed by atoms with Gasteiger partial charge in [-0.3, -0.25) is 4.79 Å². The van der Waals surface area contributed by atoms with Crippen molar-refractivity contribution in [3.63, 3.8) is 0 Å². The Bertz CT molecular complexity index is 652. The van der Waals surface area contributed by atoms with Crippen molar-refractivity contribution < 1.29 is 14.6 Å². The summed E-state index contributed by atoms with van der Waals surface area (Å²) in [5.41, 5.74) is 2.74. The molecule has 3 aliphatic rings. The molecule has 3 heteroatoms. The molecule has 3 nitrogen and oxygen atoms in total. The maximum Gasteiger partial charge on any atom is 0.162 e. The number of hydrogen-bond acceptors (Lipinski definition) is 3. The van der Waals surface area contributed by atoms with Crippen LogP contribution < -0.4 is 0 Å². The van der Waals surface area contributed by atoms with Crippen LogP contribution in [0.4, 0.5) is 0 Å². The van der Waals surface area contributed by atoms with Crippen LogP contribution in [0.2, 0.25) is 0 Å². The molecule has 5 atom stereocenters. The fourth-order valence-corrected chi connectivity index (χ4v) is 5.84. The topological polar surface area (TPSA) is 46.5 Å². The van der Waals surface area contributed by atoms with E-state index in [1.807, 2.05) is 12.1 Å². The third kappa shape index (κ3) is 2.32. The molecule has 2 fully saturated rings. The van der Waals surface area contributed by atoms with Gasteiger partial charge in [-0.25, -0.2) is 0 Å². The highest BCUT2D eigenvalue weighted by Crippen LogP contribution is 2.60. The van der Waals surface area contributed by atoms with E-state index in [0.29, 0.717) is 42.3 Å². The molecule has 2 saturated carbocycles. The van der Waals surface area contributed by atoms with Crippen molar-refractivity contribution in [1.29, 1.82) is 0 Å². The third-order valence-electron chi connectivity index (χ3n) is 6.95. The zero-order valence-corrected chi connectivity index (χ0v) is 14.8. The van der Waals surface area contributed by atoms with E-state index in [1.165, 1.54) is 11.1 Å². The summed E-state index contributed by atoms with van der Waals surface area (Å²) >= 11 is 0. The highest BCUT2D eigenvalue weighted by Gasteiger charge is 2.58. The average Bonchev–Trinajstić information content (AvgIpc) is 2.82. The Labute approximate surface area is 144 Å². The Morgan fingerprint density at radius 3 is 2.96 bits per heavy atom. The van der Waals surface area contributed by atoms with Crippen LogP contribution in [0.5, 0.6) is 5.75 Å². The number of benzene rings is 1. The van der Waals surface area contributed by atoms with Crippen LogP contribution in [-0.2, 0) is 16.0 Å². The summed E-state index contributed by atoms with van der Waals surface area (Å²) in [6.07, 6.45) is 5.83. The van der Waals surface area contributed by atoms with Crippen LogP contribution in [0.15, 0.2) is 18.2 Å². The summed E-state index contributed by atoms with van der Waals surface area (Å²) in [6.45, 7) is 5.09. The first-order chi connectivity index (χ1) is 11.5. The monoisotopic (exact) mass is 328 g/mol. The van der Waals surface area contributed by atoms with E-state index in [-0.39, 0.29) is 11.5 Å². The number of Topliss-reactive ketones (excluding diaryl/α,β-unsaturated/α-hetero) is 1. The predicted molar refractivity (Wildman–Crippen MR) is 93.1 cm³/mol. The Morgan fingerprint density at radius 2 is 2.17 bits per heavy atom. The lowest BCUT2D eigenvalue weighted by molar-refractivity contribution is -0.134. The van der Waals surface area contributed by atoms with Gasteiger partial charge in [0.2, 0.25) is 0 Å². The molecule has 4 rings (SSSR count). The molecule has 0 aliphatic heterocycles. The van der Waals surface area contributed by atoms with Crippen LogP contribution in [-0.4, -0.2) is 23.6 Å². The maximum atomic E-state index is 12.7. The van der Waals surface area contributed by atoms with E-state index >= 15 is 0 Å². The molecule has 0 amide bonds. The van der Waals surface area contributed by atoms with Crippen molar-refractivity contribution in [2.45, 2.75) is 64.4 Å². The molecule has 0 bridgehead atoms. The van der Waals surface area contributed by atoms with E-state index in [4.69, 9.17) is 4.74 Å². The van der Waals surface area contributed by atoms with Gasteiger partial charge in [-0.1, -0.05) is 19.9 Å². The van der Waals surface area contributed by atoms with Crippen molar-refractivity contribution in [2.75, 3.05) is 6.61 Å². The molecule has 0 unspecified atom stereocenters. The first-order valence-corrected chi connectivity index (χ1v) is 9.50. The predicted octanol–water partition coefficient (Wildman–Crippen LogP) is 4.22. The smallest absolute Gasteiger partial charge is 0.162 e.